The summed E-state index contributed by atoms with van der Waals surface area (Å²) in [5, 5.41) is 6.75. The number of amides is 2. The van der Waals surface area contributed by atoms with E-state index in [1.165, 1.54) is 11.6 Å². The van der Waals surface area contributed by atoms with Crippen molar-refractivity contribution in [1.82, 2.24) is 19.3 Å². The highest BCUT2D eigenvalue weighted by atomic mass is 19.1. The number of anilines is 1. The van der Waals surface area contributed by atoms with Crippen molar-refractivity contribution in [3.63, 3.8) is 0 Å². The standard InChI is InChI=1S/C19H21FN6O3/c1-4-25-16(14(20)10(3)24-25)18(28)23-19-22-12-7-11(17(21)27)8-13-15(12)26(19)9(2)5-6-29-13/h7-9H,4-6H2,1-3H3,(H2,21,27)(H,22,23,28)/t9-/m0/s1. The lowest BCUT2D eigenvalue weighted by atomic mass is 10.1. The van der Waals surface area contributed by atoms with Crippen molar-refractivity contribution >= 4 is 28.8 Å². The number of hydrogen-bond acceptors (Lipinski definition) is 5. The number of nitrogens with two attached hydrogens (primary N) is 1. The van der Waals surface area contributed by atoms with Gasteiger partial charge in [0.05, 0.1) is 17.8 Å². The largest absolute Gasteiger partial charge is 0.491 e. The van der Waals surface area contributed by atoms with Crippen LogP contribution in [-0.4, -0.2) is 37.8 Å². The Morgan fingerprint density at radius 3 is 2.86 bits per heavy atom. The number of primary amides is 1. The number of benzene rings is 1. The quantitative estimate of drug-likeness (QED) is 0.697. The van der Waals surface area contributed by atoms with Gasteiger partial charge < -0.3 is 15.0 Å². The van der Waals surface area contributed by atoms with Gasteiger partial charge in [-0.15, -0.1) is 0 Å². The Labute approximate surface area is 165 Å². The molecule has 152 valence electrons. The minimum absolute atomic E-state index is 0.0429. The van der Waals surface area contributed by atoms with Crippen LogP contribution in [0.4, 0.5) is 10.3 Å². The third kappa shape index (κ3) is 3.00. The van der Waals surface area contributed by atoms with Crippen LogP contribution in [0.2, 0.25) is 0 Å². The first kappa shape index (κ1) is 18.9. The third-order valence-corrected chi connectivity index (χ3v) is 5.06. The van der Waals surface area contributed by atoms with E-state index in [-0.39, 0.29) is 28.9 Å². The number of ether oxygens (including phenoxy) is 1. The third-order valence-electron chi connectivity index (χ3n) is 5.06. The molecule has 0 fully saturated rings. The molecule has 29 heavy (non-hydrogen) atoms. The molecular weight excluding hydrogens is 379 g/mol. The van der Waals surface area contributed by atoms with Gasteiger partial charge >= 0.3 is 0 Å². The number of carbonyl (C=O) groups is 2. The van der Waals surface area contributed by atoms with E-state index in [4.69, 9.17) is 10.5 Å². The zero-order valence-electron chi connectivity index (χ0n) is 16.3. The molecule has 1 atom stereocenters. The Morgan fingerprint density at radius 2 is 2.17 bits per heavy atom. The summed E-state index contributed by atoms with van der Waals surface area (Å²) in [4.78, 5) is 29.0. The number of carbonyl (C=O) groups excluding carboxylic acids is 2. The van der Waals surface area contributed by atoms with Crippen LogP contribution < -0.4 is 15.8 Å². The summed E-state index contributed by atoms with van der Waals surface area (Å²) in [6.45, 7) is 6.03. The first-order valence-corrected chi connectivity index (χ1v) is 9.34. The fraction of sp³-hybridized carbons (Fsp3) is 0.368. The molecule has 2 aromatic heterocycles. The molecule has 1 aliphatic rings. The van der Waals surface area contributed by atoms with Crippen molar-refractivity contribution in [2.75, 3.05) is 11.9 Å². The van der Waals surface area contributed by atoms with Crippen molar-refractivity contribution in [2.24, 2.45) is 5.73 Å². The fourth-order valence-corrected chi connectivity index (χ4v) is 3.60. The molecule has 0 unspecified atom stereocenters. The maximum absolute atomic E-state index is 14.5. The van der Waals surface area contributed by atoms with Crippen molar-refractivity contribution in [3.8, 4) is 5.75 Å². The molecule has 0 saturated heterocycles. The van der Waals surface area contributed by atoms with Gasteiger partial charge in [-0.05, 0) is 32.9 Å². The topological polar surface area (TPSA) is 117 Å². The van der Waals surface area contributed by atoms with Crippen LogP contribution in [0.25, 0.3) is 11.0 Å². The van der Waals surface area contributed by atoms with Crippen LogP contribution in [0.3, 0.4) is 0 Å². The Balaban J connectivity index is 1.84. The highest BCUT2D eigenvalue weighted by molar-refractivity contribution is 6.04. The molecule has 3 heterocycles. The second-order valence-corrected chi connectivity index (χ2v) is 7.02. The number of imidazole rings is 1. The van der Waals surface area contributed by atoms with Gasteiger partial charge in [0.15, 0.2) is 11.5 Å². The first-order chi connectivity index (χ1) is 13.8. The molecule has 1 aliphatic heterocycles. The summed E-state index contributed by atoms with van der Waals surface area (Å²) in [6.07, 6.45) is 0.662. The lowest BCUT2D eigenvalue weighted by Gasteiger charge is -2.15. The van der Waals surface area contributed by atoms with Crippen molar-refractivity contribution < 1.29 is 18.7 Å². The molecular formula is C19H21FN6O3. The van der Waals surface area contributed by atoms with Gasteiger partial charge in [0.25, 0.3) is 5.91 Å². The van der Waals surface area contributed by atoms with E-state index in [0.717, 1.165) is 0 Å². The van der Waals surface area contributed by atoms with Gasteiger partial charge in [-0.1, -0.05) is 0 Å². The number of nitrogens with one attached hydrogen (secondary N) is 1. The SMILES string of the molecule is CCn1nc(C)c(F)c1C(=O)Nc1nc2cc(C(N)=O)cc3c2n1[C@@H](C)CCO3. The van der Waals surface area contributed by atoms with Crippen molar-refractivity contribution in [3.05, 3.63) is 34.9 Å². The van der Waals surface area contributed by atoms with Crippen LogP contribution in [0.1, 0.15) is 52.9 Å². The van der Waals surface area contributed by atoms with E-state index in [0.29, 0.717) is 36.4 Å². The average molecular weight is 400 g/mol. The molecule has 4 rings (SSSR count). The molecule has 2 amide bonds. The summed E-state index contributed by atoms with van der Waals surface area (Å²) in [7, 11) is 0. The Morgan fingerprint density at radius 1 is 1.41 bits per heavy atom. The van der Waals surface area contributed by atoms with E-state index in [1.54, 1.807) is 19.1 Å². The Hall–Kier alpha value is -3.43. The molecule has 0 bridgehead atoms. The van der Waals surface area contributed by atoms with Crippen LogP contribution >= 0.6 is 0 Å². The summed E-state index contributed by atoms with van der Waals surface area (Å²) >= 11 is 0. The van der Waals surface area contributed by atoms with Crippen molar-refractivity contribution in [1.29, 1.82) is 0 Å². The number of rotatable bonds is 4. The zero-order valence-corrected chi connectivity index (χ0v) is 16.3. The minimum atomic E-state index is -0.663. The van der Waals surface area contributed by atoms with Gasteiger partial charge in [-0.25, -0.2) is 9.37 Å². The number of hydrogen-bond donors (Lipinski definition) is 2. The molecule has 3 aromatic rings. The lowest BCUT2D eigenvalue weighted by Crippen LogP contribution is -2.22. The van der Waals surface area contributed by atoms with E-state index >= 15 is 0 Å². The van der Waals surface area contributed by atoms with Gasteiger partial charge in [0.1, 0.15) is 11.3 Å². The zero-order chi connectivity index (χ0) is 20.9. The average Bonchev–Trinajstić information content (AvgIpc) is 3.11. The molecule has 0 spiro atoms. The van der Waals surface area contributed by atoms with E-state index in [2.05, 4.69) is 15.4 Å². The van der Waals surface area contributed by atoms with Gasteiger partial charge in [0, 0.05) is 24.6 Å². The number of aromatic nitrogens is 4. The van der Waals surface area contributed by atoms with Gasteiger partial charge in [-0.2, -0.15) is 5.10 Å². The molecule has 10 heteroatoms. The van der Waals surface area contributed by atoms with Crippen LogP contribution in [0.5, 0.6) is 5.75 Å². The monoisotopic (exact) mass is 400 g/mol. The van der Waals surface area contributed by atoms with Crippen LogP contribution in [0.15, 0.2) is 12.1 Å². The van der Waals surface area contributed by atoms with Crippen molar-refractivity contribution in [2.45, 2.75) is 39.8 Å². The number of halogens is 1. The Bertz CT molecular complexity index is 1150. The predicted octanol–water partition coefficient (Wildman–Crippen LogP) is 2.39. The summed E-state index contributed by atoms with van der Waals surface area (Å²) < 4.78 is 23.4. The molecule has 9 nitrogen and oxygen atoms in total. The van der Waals surface area contributed by atoms with Crippen LogP contribution in [-0.2, 0) is 6.54 Å². The predicted molar refractivity (Wildman–Crippen MR) is 104 cm³/mol. The lowest BCUT2D eigenvalue weighted by molar-refractivity contribution is 0.0994. The highest BCUT2D eigenvalue weighted by Gasteiger charge is 2.27. The normalized spacial score (nSPS) is 15.8. The molecule has 0 aliphatic carbocycles. The maximum Gasteiger partial charge on any atom is 0.279 e. The number of nitrogens with zero attached hydrogens (tertiary/aromatic N) is 4. The molecule has 3 N–H and O–H groups in total. The first-order valence-electron chi connectivity index (χ1n) is 9.34. The van der Waals surface area contributed by atoms with E-state index < -0.39 is 17.6 Å². The van der Waals surface area contributed by atoms with Gasteiger partial charge in [-0.3, -0.25) is 19.6 Å². The highest BCUT2D eigenvalue weighted by Crippen LogP contribution is 2.36. The van der Waals surface area contributed by atoms with E-state index in [9.17, 15) is 14.0 Å². The summed E-state index contributed by atoms with van der Waals surface area (Å²) in [6, 6.07) is 3.08. The maximum atomic E-state index is 14.5. The Kier molecular flexibility index (Phi) is 4.48. The summed E-state index contributed by atoms with van der Waals surface area (Å²) in [5.41, 5.74) is 6.78. The molecule has 0 saturated carbocycles. The molecule has 0 radical (unpaired) electrons. The fourth-order valence-electron chi connectivity index (χ4n) is 3.60. The second-order valence-electron chi connectivity index (χ2n) is 7.02. The number of aryl methyl sites for hydroxylation is 2. The second kappa shape index (κ2) is 6.87. The smallest absolute Gasteiger partial charge is 0.279 e. The molecule has 1 aromatic carbocycles. The minimum Gasteiger partial charge on any atom is -0.491 e. The summed E-state index contributed by atoms with van der Waals surface area (Å²) in [5.74, 6) is -1.20. The van der Waals surface area contributed by atoms with E-state index in [1.807, 2.05) is 11.5 Å². The van der Waals surface area contributed by atoms with Crippen LogP contribution in [0, 0.1) is 12.7 Å². The van der Waals surface area contributed by atoms with Gasteiger partial charge in [0.2, 0.25) is 11.9 Å².